The van der Waals surface area contributed by atoms with Gasteiger partial charge in [0.05, 0.1) is 12.1 Å². The zero-order valence-corrected chi connectivity index (χ0v) is 8.19. The first kappa shape index (κ1) is 9.89. The Morgan fingerprint density at radius 2 is 2.33 bits per heavy atom. The molecule has 0 aromatic carbocycles. The highest BCUT2D eigenvalue weighted by atomic mass is 16.4. The average molecular weight is 208 g/mol. The summed E-state index contributed by atoms with van der Waals surface area (Å²) in [6.07, 6.45) is 3.01. The Morgan fingerprint density at radius 3 is 2.87 bits per heavy atom. The summed E-state index contributed by atoms with van der Waals surface area (Å²) in [7, 11) is 0. The van der Waals surface area contributed by atoms with E-state index in [-0.39, 0.29) is 12.0 Å². The molecule has 0 atom stereocenters. The van der Waals surface area contributed by atoms with Crippen LogP contribution in [0.25, 0.3) is 0 Å². The number of carboxylic acids is 1. The lowest BCUT2D eigenvalue weighted by Crippen LogP contribution is -2.20. The number of nitrogens with one attached hydrogen (secondary N) is 1. The SMILES string of the molecule is O=C(O)Cc1cc(=O)[nH]c(C2CCC2)n1. The van der Waals surface area contributed by atoms with E-state index in [2.05, 4.69) is 9.97 Å². The summed E-state index contributed by atoms with van der Waals surface area (Å²) in [6, 6.07) is 1.25. The van der Waals surface area contributed by atoms with Gasteiger partial charge in [0.2, 0.25) is 0 Å². The number of rotatable bonds is 3. The van der Waals surface area contributed by atoms with Crippen molar-refractivity contribution in [3.63, 3.8) is 0 Å². The van der Waals surface area contributed by atoms with Crippen molar-refractivity contribution in [3.05, 3.63) is 27.9 Å². The van der Waals surface area contributed by atoms with Crippen LogP contribution in [-0.4, -0.2) is 21.0 Å². The van der Waals surface area contributed by atoms with Crippen LogP contribution in [0.2, 0.25) is 0 Å². The van der Waals surface area contributed by atoms with Gasteiger partial charge in [0.1, 0.15) is 5.82 Å². The first-order chi connectivity index (χ1) is 7.15. The van der Waals surface area contributed by atoms with E-state index < -0.39 is 5.97 Å². The molecule has 0 amide bonds. The fourth-order valence-corrected chi connectivity index (χ4v) is 1.65. The lowest BCUT2D eigenvalue weighted by molar-refractivity contribution is -0.136. The van der Waals surface area contributed by atoms with Gasteiger partial charge in [0.15, 0.2) is 0 Å². The molecule has 0 bridgehead atoms. The van der Waals surface area contributed by atoms with Crippen LogP contribution in [0.5, 0.6) is 0 Å². The summed E-state index contributed by atoms with van der Waals surface area (Å²) in [5, 5.41) is 8.61. The molecule has 1 aromatic heterocycles. The smallest absolute Gasteiger partial charge is 0.309 e. The summed E-state index contributed by atoms with van der Waals surface area (Å²) in [4.78, 5) is 28.6. The zero-order chi connectivity index (χ0) is 10.8. The van der Waals surface area contributed by atoms with Gasteiger partial charge in [0.25, 0.3) is 5.56 Å². The molecule has 1 aliphatic rings. The lowest BCUT2D eigenvalue weighted by Gasteiger charge is -2.24. The number of aromatic amines is 1. The molecule has 0 radical (unpaired) electrons. The van der Waals surface area contributed by atoms with Gasteiger partial charge in [-0.2, -0.15) is 0 Å². The van der Waals surface area contributed by atoms with Crippen LogP contribution in [0.1, 0.15) is 36.7 Å². The second-order valence-electron chi connectivity index (χ2n) is 3.82. The predicted molar refractivity (Wildman–Crippen MR) is 52.8 cm³/mol. The number of aromatic nitrogens is 2. The number of carbonyl (C=O) groups is 1. The molecule has 80 valence electrons. The van der Waals surface area contributed by atoms with E-state index in [1.54, 1.807) is 0 Å². The third kappa shape index (κ3) is 2.23. The highest BCUT2D eigenvalue weighted by molar-refractivity contribution is 5.69. The molecule has 1 heterocycles. The summed E-state index contributed by atoms with van der Waals surface area (Å²) >= 11 is 0. The van der Waals surface area contributed by atoms with E-state index in [1.807, 2.05) is 0 Å². The third-order valence-corrected chi connectivity index (χ3v) is 2.64. The Balaban J connectivity index is 2.27. The Hall–Kier alpha value is -1.65. The quantitative estimate of drug-likeness (QED) is 0.764. The second-order valence-corrected chi connectivity index (χ2v) is 3.82. The highest BCUT2D eigenvalue weighted by Crippen LogP contribution is 2.33. The van der Waals surface area contributed by atoms with Crippen molar-refractivity contribution in [2.45, 2.75) is 31.6 Å². The molecule has 1 fully saturated rings. The zero-order valence-electron chi connectivity index (χ0n) is 8.19. The highest BCUT2D eigenvalue weighted by Gasteiger charge is 2.22. The Labute approximate surface area is 86.2 Å². The number of aliphatic carboxylic acids is 1. The molecule has 1 saturated carbocycles. The minimum atomic E-state index is -0.965. The third-order valence-electron chi connectivity index (χ3n) is 2.64. The topological polar surface area (TPSA) is 83.0 Å². The summed E-state index contributed by atoms with van der Waals surface area (Å²) in [6.45, 7) is 0. The maximum absolute atomic E-state index is 11.2. The summed E-state index contributed by atoms with van der Waals surface area (Å²) in [5.41, 5.74) is 0.0799. The summed E-state index contributed by atoms with van der Waals surface area (Å²) < 4.78 is 0. The molecular weight excluding hydrogens is 196 g/mol. The van der Waals surface area contributed by atoms with Gasteiger partial charge >= 0.3 is 5.97 Å². The molecule has 0 spiro atoms. The maximum Gasteiger partial charge on any atom is 0.309 e. The van der Waals surface area contributed by atoms with Crippen LogP contribution in [0, 0.1) is 0 Å². The van der Waals surface area contributed by atoms with E-state index in [4.69, 9.17) is 5.11 Å². The number of hydrogen-bond donors (Lipinski definition) is 2. The first-order valence-corrected chi connectivity index (χ1v) is 4.97. The Bertz CT molecular complexity index is 435. The Morgan fingerprint density at radius 1 is 1.60 bits per heavy atom. The van der Waals surface area contributed by atoms with Gasteiger partial charge < -0.3 is 10.1 Å². The molecular formula is C10H12N2O3. The van der Waals surface area contributed by atoms with Crippen molar-refractivity contribution < 1.29 is 9.90 Å². The summed E-state index contributed by atoms with van der Waals surface area (Å²) in [5.74, 6) is -0.0101. The molecule has 5 nitrogen and oxygen atoms in total. The van der Waals surface area contributed by atoms with E-state index >= 15 is 0 Å². The van der Waals surface area contributed by atoms with Crippen LogP contribution in [0.4, 0.5) is 0 Å². The van der Waals surface area contributed by atoms with Gasteiger partial charge in [-0.15, -0.1) is 0 Å². The number of nitrogens with zero attached hydrogens (tertiary/aromatic N) is 1. The van der Waals surface area contributed by atoms with Crippen molar-refractivity contribution in [1.82, 2.24) is 9.97 Å². The number of hydrogen-bond acceptors (Lipinski definition) is 3. The average Bonchev–Trinajstić information content (AvgIpc) is 1.96. The molecule has 0 unspecified atom stereocenters. The molecule has 2 rings (SSSR count). The monoisotopic (exact) mass is 208 g/mol. The van der Waals surface area contributed by atoms with E-state index in [0.717, 1.165) is 19.3 Å². The van der Waals surface area contributed by atoms with E-state index in [0.29, 0.717) is 17.4 Å². The number of H-pyrrole nitrogens is 1. The van der Waals surface area contributed by atoms with Gasteiger partial charge in [-0.1, -0.05) is 6.42 Å². The second kappa shape index (κ2) is 3.84. The van der Waals surface area contributed by atoms with E-state index in [1.165, 1.54) is 6.07 Å². The standard InChI is InChI=1S/C10H12N2O3/c13-8-4-7(5-9(14)15)11-10(12-8)6-2-1-3-6/h4,6H,1-3,5H2,(H,14,15)(H,11,12,13). The lowest BCUT2D eigenvalue weighted by atomic mass is 9.85. The van der Waals surface area contributed by atoms with Crippen LogP contribution in [-0.2, 0) is 11.2 Å². The van der Waals surface area contributed by atoms with Gasteiger partial charge in [-0.3, -0.25) is 9.59 Å². The fourth-order valence-electron chi connectivity index (χ4n) is 1.65. The number of carboxylic acid groups (broad SMARTS) is 1. The van der Waals surface area contributed by atoms with Crippen LogP contribution >= 0.6 is 0 Å². The molecule has 0 aliphatic heterocycles. The van der Waals surface area contributed by atoms with Crippen LogP contribution in [0.15, 0.2) is 10.9 Å². The Kier molecular flexibility index (Phi) is 2.53. The van der Waals surface area contributed by atoms with E-state index in [9.17, 15) is 9.59 Å². The van der Waals surface area contributed by atoms with Crippen molar-refractivity contribution in [1.29, 1.82) is 0 Å². The minimum absolute atomic E-state index is 0.191. The maximum atomic E-state index is 11.2. The predicted octanol–water partition coefficient (Wildman–Crippen LogP) is 0.664. The van der Waals surface area contributed by atoms with Gasteiger partial charge in [-0.05, 0) is 12.8 Å². The largest absolute Gasteiger partial charge is 0.481 e. The van der Waals surface area contributed by atoms with Crippen molar-refractivity contribution in [3.8, 4) is 0 Å². The normalized spacial score (nSPS) is 16.0. The molecule has 0 saturated heterocycles. The van der Waals surface area contributed by atoms with Crippen LogP contribution < -0.4 is 5.56 Å². The van der Waals surface area contributed by atoms with Crippen molar-refractivity contribution in [2.24, 2.45) is 0 Å². The fraction of sp³-hybridized carbons (Fsp3) is 0.500. The molecule has 2 N–H and O–H groups in total. The molecule has 1 aliphatic carbocycles. The van der Waals surface area contributed by atoms with Crippen LogP contribution in [0.3, 0.4) is 0 Å². The molecule has 1 aromatic rings. The minimum Gasteiger partial charge on any atom is -0.481 e. The van der Waals surface area contributed by atoms with Crippen molar-refractivity contribution in [2.75, 3.05) is 0 Å². The molecule has 15 heavy (non-hydrogen) atoms. The first-order valence-electron chi connectivity index (χ1n) is 4.97. The van der Waals surface area contributed by atoms with Gasteiger partial charge in [-0.25, -0.2) is 4.98 Å². The van der Waals surface area contributed by atoms with Crippen molar-refractivity contribution >= 4 is 5.97 Å². The van der Waals surface area contributed by atoms with Gasteiger partial charge in [0, 0.05) is 12.0 Å². The molecule has 5 heteroatoms.